The van der Waals surface area contributed by atoms with Gasteiger partial charge in [-0.1, -0.05) is 25.4 Å². The Labute approximate surface area is 119 Å². The van der Waals surface area contributed by atoms with Crippen LogP contribution in [0.25, 0.3) is 0 Å². The predicted octanol–water partition coefficient (Wildman–Crippen LogP) is 3.78. The Kier molecular flexibility index (Phi) is 4.70. The molecule has 1 aromatic heterocycles. The van der Waals surface area contributed by atoms with Gasteiger partial charge in [0, 0.05) is 36.1 Å². The summed E-state index contributed by atoms with van der Waals surface area (Å²) >= 11 is 7.77. The first kappa shape index (κ1) is 14.3. The Hall–Kier alpha value is -0.0900. The van der Waals surface area contributed by atoms with Crippen LogP contribution in [0.4, 0.5) is 0 Å². The van der Waals surface area contributed by atoms with Crippen molar-refractivity contribution in [3.8, 4) is 0 Å². The molecule has 2 heterocycles. The molecular formula is C14H23ClN2S. The standard InChI is InChI=1S/C14H23ClN2S/c1-9(2)12-7-16-10(3)8-17(12)11(4)13-5-6-14(15)18-13/h5-6,9-12,16H,7-8H2,1-4H3. The van der Waals surface area contributed by atoms with E-state index in [1.807, 2.05) is 6.07 Å². The van der Waals surface area contributed by atoms with Crippen LogP contribution in [0.3, 0.4) is 0 Å². The first-order valence-electron chi connectivity index (χ1n) is 6.73. The highest BCUT2D eigenvalue weighted by atomic mass is 35.5. The fourth-order valence-corrected chi connectivity index (χ4v) is 3.87. The number of halogens is 1. The topological polar surface area (TPSA) is 15.3 Å². The number of rotatable bonds is 3. The third-order valence-electron chi connectivity index (χ3n) is 3.86. The van der Waals surface area contributed by atoms with E-state index in [1.165, 1.54) is 4.88 Å². The lowest BCUT2D eigenvalue weighted by atomic mass is 9.96. The van der Waals surface area contributed by atoms with Gasteiger partial charge >= 0.3 is 0 Å². The maximum atomic E-state index is 6.06. The van der Waals surface area contributed by atoms with Gasteiger partial charge < -0.3 is 5.32 Å². The second-order valence-electron chi connectivity index (χ2n) is 5.64. The highest BCUT2D eigenvalue weighted by Crippen LogP contribution is 2.33. The fraction of sp³-hybridized carbons (Fsp3) is 0.714. The lowest BCUT2D eigenvalue weighted by Crippen LogP contribution is -2.57. The van der Waals surface area contributed by atoms with Crippen molar-refractivity contribution in [2.45, 2.75) is 45.8 Å². The molecule has 0 spiro atoms. The molecule has 0 aliphatic carbocycles. The molecule has 0 radical (unpaired) electrons. The van der Waals surface area contributed by atoms with Crippen molar-refractivity contribution in [3.63, 3.8) is 0 Å². The third-order valence-corrected chi connectivity index (χ3v) is 5.26. The molecule has 1 aromatic rings. The number of hydrogen-bond acceptors (Lipinski definition) is 3. The number of hydrogen-bond donors (Lipinski definition) is 1. The smallest absolute Gasteiger partial charge is 0.0931 e. The number of nitrogens with zero attached hydrogens (tertiary/aromatic N) is 1. The Bertz CT molecular complexity index is 391. The SMILES string of the molecule is CC1CN(C(C)c2ccc(Cl)s2)C(C(C)C)CN1. The van der Waals surface area contributed by atoms with Crippen molar-refractivity contribution >= 4 is 22.9 Å². The van der Waals surface area contributed by atoms with Gasteiger partial charge in [0.15, 0.2) is 0 Å². The molecule has 18 heavy (non-hydrogen) atoms. The normalized spacial score (nSPS) is 27.7. The molecule has 2 rings (SSSR count). The van der Waals surface area contributed by atoms with Crippen molar-refractivity contribution in [1.29, 1.82) is 0 Å². The van der Waals surface area contributed by atoms with Gasteiger partial charge in [0.2, 0.25) is 0 Å². The second kappa shape index (κ2) is 5.91. The monoisotopic (exact) mass is 286 g/mol. The van der Waals surface area contributed by atoms with Crippen molar-refractivity contribution in [1.82, 2.24) is 10.2 Å². The van der Waals surface area contributed by atoms with Crippen LogP contribution in [-0.2, 0) is 0 Å². The molecule has 2 nitrogen and oxygen atoms in total. The van der Waals surface area contributed by atoms with Crippen molar-refractivity contribution < 1.29 is 0 Å². The summed E-state index contributed by atoms with van der Waals surface area (Å²) in [6.07, 6.45) is 0. The quantitative estimate of drug-likeness (QED) is 0.910. The molecule has 0 bridgehead atoms. The fourth-order valence-electron chi connectivity index (χ4n) is 2.74. The van der Waals surface area contributed by atoms with Gasteiger partial charge in [-0.3, -0.25) is 4.90 Å². The summed E-state index contributed by atoms with van der Waals surface area (Å²) in [5, 5.41) is 3.59. The molecule has 3 unspecified atom stereocenters. The van der Waals surface area contributed by atoms with Crippen LogP contribution in [0, 0.1) is 5.92 Å². The predicted molar refractivity (Wildman–Crippen MR) is 80.5 cm³/mol. The molecule has 4 heteroatoms. The van der Waals surface area contributed by atoms with E-state index in [0.717, 1.165) is 17.4 Å². The average Bonchev–Trinajstić information content (AvgIpc) is 2.74. The highest BCUT2D eigenvalue weighted by Gasteiger charge is 2.32. The molecule has 1 aliphatic heterocycles. The van der Waals surface area contributed by atoms with Crippen LogP contribution < -0.4 is 5.32 Å². The van der Waals surface area contributed by atoms with Crippen LogP contribution in [0.15, 0.2) is 12.1 Å². The summed E-state index contributed by atoms with van der Waals surface area (Å²) in [5.74, 6) is 0.669. The second-order valence-corrected chi connectivity index (χ2v) is 7.38. The minimum absolute atomic E-state index is 0.458. The van der Waals surface area contributed by atoms with E-state index in [0.29, 0.717) is 24.0 Å². The summed E-state index contributed by atoms with van der Waals surface area (Å²) in [6.45, 7) is 11.4. The third kappa shape index (κ3) is 3.08. The van der Waals surface area contributed by atoms with Crippen molar-refractivity contribution in [3.05, 3.63) is 21.3 Å². The number of piperazine rings is 1. The van der Waals surface area contributed by atoms with E-state index in [1.54, 1.807) is 11.3 Å². The molecular weight excluding hydrogens is 264 g/mol. The van der Waals surface area contributed by atoms with Gasteiger partial charge in [-0.15, -0.1) is 11.3 Å². The Morgan fingerprint density at radius 2 is 2.11 bits per heavy atom. The first-order valence-corrected chi connectivity index (χ1v) is 7.93. The van der Waals surface area contributed by atoms with Crippen molar-refractivity contribution in [2.24, 2.45) is 5.92 Å². The largest absolute Gasteiger partial charge is 0.311 e. The highest BCUT2D eigenvalue weighted by molar-refractivity contribution is 7.16. The summed E-state index contributed by atoms with van der Waals surface area (Å²) in [7, 11) is 0. The lowest BCUT2D eigenvalue weighted by molar-refractivity contribution is 0.0671. The molecule has 102 valence electrons. The zero-order chi connectivity index (χ0) is 13.3. The molecule has 1 aliphatic rings. The minimum atomic E-state index is 0.458. The summed E-state index contributed by atoms with van der Waals surface area (Å²) in [5.41, 5.74) is 0. The average molecular weight is 287 g/mol. The molecule has 0 saturated carbocycles. The molecule has 1 saturated heterocycles. The van der Waals surface area contributed by atoms with Crippen LogP contribution in [-0.4, -0.2) is 30.1 Å². The molecule has 3 atom stereocenters. The summed E-state index contributed by atoms with van der Waals surface area (Å²) < 4.78 is 0.890. The van der Waals surface area contributed by atoms with Gasteiger partial charge in [-0.25, -0.2) is 0 Å². The maximum Gasteiger partial charge on any atom is 0.0931 e. The molecule has 1 fully saturated rings. The first-order chi connectivity index (χ1) is 8.49. The van der Waals surface area contributed by atoms with Gasteiger partial charge in [0.25, 0.3) is 0 Å². The molecule has 1 N–H and O–H groups in total. The van der Waals surface area contributed by atoms with Crippen LogP contribution in [0.5, 0.6) is 0 Å². The van der Waals surface area contributed by atoms with Crippen molar-refractivity contribution in [2.75, 3.05) is 13.1 Å². The zero-order valence-electron chi connectivity index (χ0n) is 11.6. The van der Waals surface area contributed by atoms with E-state index in [2.05, 4.69) is 44.0 Å². The van der Waals surface area contributed by atoms with Crippen LogP contribution in [0.2, 0.25) is 4.34 Å². The van der Waals surface area contributed by atoms with E-state index < -0.39 is 0 Å². The van der Waals surface area contributed by atoms with Gasteiger partial charge in [-0.2, -0.15) is 0 Å². The Morgan fingerprint density at radius 3 is 2.67 bits per heavy atom. The molecule has 0 aromatic carbocycles. The summed E-state index contributed by atoms with van der Waals surface area (Å²) in [4.78, 5) is 4.01. The van der Waals surface area contributed by atoms with E-state index in [9.17, 15) is 0 Å². The number of thiophene rings is 1. The Balaban J connectivity index is 2.16. The van der Waals surface area contributed by atoms with E-state index in [4.69, 9.17) is 11.6 Å². The number of nitrogens with one attached hydrogen (secondary N) is 1. The lowest BCUT2D eigenvalue weighted by Gasteiger charge is -2.44. The zero-order valence-corrected chi connectivity index (χ0v) is 13.2. The van der Waals surface area contributed by atoms with Gasteiger partial charge in [0.1, 0.15) is 0 Å². The van der Waals surface area contributed by atoms with Gasteiger partial charge in [-0.05, 0) is 31.9 Å². The summed E-state index contributed by atoms with van der Waals surface area (Å²) in [6, 6.07) is 5.81. The van der Waals surface area contributed by atoms with Crippen LogP contribution >= 0.6 is 22.9 Å². The van der Waals surface area contributed by atoms with E-state index >= 15 is 0 Å². The minimum Gasteiger partial charge on any atom is -0.311 e. The van der Waals surface area contributed by atoms with E-state index in [-0.39, 0.29) is 0 Å². The van der Waals surface area contributed by atoms with Crippen LogP contribution in [0.1, 0.15) is 38.6 Å². The Morgan fingerprint density at radius 1 is 1.39 bits per heavy atom. The molecule has 0 amide bonds. The maximum absolute atomic E-state index is 6.06. The van der Waals surface area contributed by atoms with Gasteiger partial charge in [0.05, 0.1) is 4.34 Å².